The fourth-order valence-electron chi connectivity index (χ4n) is 2.20. The lowest BCUT2D eigenvalue weighted by Gasteiger charge is -2.14. The second-order valence-corrected chi connectivity index (χ2v) is 6.71. The summed E-state index contributed by atoms with van der Waals surface area (Å²) in [6.07, 6.45) is 0. The van der Waals surface area contributed by atoms with E-state index in [-0.39, 0.29) is 4.90 Å². The van der Waals surface area contributed by atoms with E-state index < -0.39 is 15.9 Å². The fourth-order valence-corrected chi connectivity index (χ4v) is 3.56. The van der Waals surface area contributed by atoms with Crippen LogP contribution in [0.2, 0.25) is 0 Å². The number of sulfonamides is 1. The van der Waals surface area contributed by atoms with Crippen molar-refractivity contribution in [1.29, 1.82) is 0 Å². The highest BCUT2D eigenvalue weighted by atomic mass is 32.2. The van der Waals surface area contributed by atoms with Gasteiger partial charge in [0.1, 0.15) is 5.75 Å². The van der Waals surface area contributed by atoms with Crippen molar-refractivity contribution in [3.05, 3.63) is 53.1 Å². The smallest absolute Gasteiger partial charge is 0.262 e. The van der Waals surface area contributed by atoms with Gasteiger partial charge in [-0.2, -0.15) is 0 Å². The monoisotopic (exact) mass is 334 g/mol. The molecule has 0 aromatic heterocycles. The molecular formula is C16H18N2O4S. The number of hydrogen-bond donors (Lipinski definition) is 2. The van der Waals surface area contributed by atoms with Gasteiger partial charge < -0.3 is 10.5 Å². The van der Waals surface area contributed by atoms with E-state index in [4.69, 9.17) is 10.5 Å². The third kappa shape index (κ3) is 3.45. The number of carbonyl (C=O) groups excluding carboxylic acids is 1. The second-order valence-electron chi connectivity index (χ2n) is 5.06. The molecular weight excluding hydrogens is 316 g/mol. The number of anilines is 1. The SMILES string of the molecule is COc1ccc(S(=O)(=O)Nc2ccc(C(N)=O)cc2)c(C)c1C. The molecule has 122 valence electrons. The third-order valence-corrected chi connectivity index (χ3v) is 5.14. The van der Waals surface area contributed by atoms with Crippen molar-refractivity contribution in [1.82, 2.24) is 0 Å². The van der Waals surface area contributed by atoms with Crippen LogP contribution in [0.25, 0.3) is 0 Å². The summed E-state index contributed by atoms with van der Waals surface area (Å²) in [4.78, 5) is 11.2. The minimum absolute atomic E-state index is 0.176. The highest BCUT2D eigenvalue weighted by molar-refractivity contribution is 7.92. The van der Waals surface area contributed by atoms with E-state index in [9.17, 15) is 13.2 Å². The number of nitrogens with two attached hydrogens (primary N) is 1. The van der Waals surface area contributed by atoms with Gasteiger partial charge in [0.2, 0.25) is 5.91 Å². The zero-order valence-corrected chi connectivity index (χ0v) is 13.9. The Balaban J connectivity index is 2.36. The lowest BCUT2D eigenvalue weighted by molar-refractivity contribution is 0.100. The Kier molecular flexibility index (Phi) is 4.60. The maximum atomic E-state index is 12.5. The number of primary amides is 1. The summed E-state index contributed by atoms with van der Waals surface area (Å²) in [6.45, 7) is 3.53. The predicted molar refractivity (Wildman–Crippen MR) is 88.2 cm³/mol. The molecule has 0 aliphatic heterocycles. The predicted octanol–water partition coefficient (Wildman–Crippen LogP) is 2.21. The van der Waals surface area contributed by atoms with E-state index in [1.54, 1.807) is 19.9 Å². The molecule has 0 fully saturated rings. The van der Waals surface area contributed by atoms with Crippen molar-refractivity contribution in [2.45, 2.75) is 18.7 Å². The van der Waals surface area contributed by atoms with E-state index in [0.29, 0.717) is 22.6 Å². The Morgan fingerprint density at radius 3 is 2.17 bits per heavy atom. The quantitative estimate of drug-likeness (QED) is 0.876. The Bertz CT molecular complexity index is 843. The van der Waals surface area contributed by atoms with Crippen LogP contribution in [0.4, 0.5) is 5.69 Å². The molecule has 0 unspecified atom stereocenters. The molecule has 2 aromatic rings. The minimum Gasteiger partial charge on any atom is -0.496 e. The van der Waals surface area contributed by atoms with Gasteiger partial charge in [-0.3, -0.25) is 9.52 Å². The molecule has 0 radical (unpaired) electrons. The van der Waals surface area contributed by atoms with Gasteiger partial charge >= 0.3 is 0 Å². The summed E-state index contributed by atoms with van der Waals surface area (Å²) in [5, 5.41) is 0. The second kappa shape index (κ2) is 6.29. The first-order valence-electron chi connectivity index (χ1n) is 6.83. The van der Waals surface area contributed by atoms with Gasteiger partial charge in [0.05, 0.1) is 12.0 Å². The molecule has 2 aromatic carbocycles. The number of nitrogens with one attached hydrogen (secondary N) is 1. The molecule has 0 saturated heterocycles. The largest absolute Gasteiger partial charge is 0.496 e. The molecule has 3 N–H and O–H groups in total. The van der Waals surface area contributed by atoms with Crippen LogP contribution in [0.15, 0.2) is 41.3 Å². The first-order valence-corrected chi connectivity index (χ1v) is 8.31. The van der Waals surface area contributed by atoms with E-state index in [1.165, 1.54) is 37.4 Å². The van der Waals surface area contributed by atoms with E-state index in [1.807, 2.05) is 0 Å². The number of methoxy groups -OCH3 is 1. The first kappa shape index (κ1) is 16.8. The van der Waals surface area contributed by atoms with Crippen molar-refractivity contribution in [3.8, 4) is 5.75 Å². The normalized spacial score (nSPS) is 11.1. The van der Waals surface area contributed by atoms with Crippen LogP contribution in [-0.4, -0.2) is 21.4 Å². The molecule has 0 heterocycles. The number of rotatable bonds is 5. The Hall–Kier alpha value is -2.54. The van der Waals surface area contributed by atoms with Gasteiger partial charge in [0, 0.05) is 11.3 Å². The zero-order chi connectivity index (χ0) is 17.2. The van der Waals surface area contributed by atoms with E-state index in [2.05, 4.69) is 4.72 Å². The molecule has 0 aliphatic rings. The van der Waals surface area contributed by atoms with Crippen LogP contribution >= 0.6 is 0 Å². The van der Waals surface area contributed by atoms with Crippen LogP contribution in [0.3, 0.4) is 0 Å². The Morgan fingerprint density at radius 1 is 1.04 bits per heavy atom. The average molecular weight is 334 g/mol. The van der Waals surface area contributed by atoms with Crippen LogP contribution in [0, 0.1) is 13.8 Å². The standard InChI is InChI=1S/C16H18N2O4S/c1-10-11(2)15(9-8-14(10)22-3)23(20,21)18-13-6-4-12(5-7-13)16(17)19/h4-9,18H,1-3H3,(H2,17,19). The number of carbonyl (C=O) groups is 1. The summed E-state index contributed by atoms with van der Waals surface area (Å²) >= 11 is 0. The van der Waals surface area contributed by atoms with Gasteiger partial charge in [-0.05, 0) is 61.4 Å². The van der Waals surface area contributed by atoms with Crippen molar-refractivity contribution in [3.63, 3.8) is 0 Å². The lowest BCUT2D eigenvalue weighted by atomic mass is 10.1. The molecule has 6 nitrogen and oxygen atoms in total. The van der Waals surface area contributed by atoms with Crippen molar-refractivity contribution >= 4 is 21.6 Å². The van der Waals surface area contributed by atoms with Crippen LogP contribution in [-0.2, 0) is 10.0 Å². The summed E-state index contributed by atoms with van der Waals surface area (Å²) in [5.41, 5.74) is 7.20. The maximum absolute atomic E-state index is 12.5. The molecule has 0 aliphatic carbocycles. The molecule has 0 spiro atoms. The number of ether oxygens (including phenoxy) is 1. The number of amides is 1. The van der Waals surface area contributed by atoms with Crippen LogP contribution in [0.5, 0.6) is 5.75 Å². The summed E-state index contributed by atoms with van der Waals surface area (Å²) in [5.74, 6) is 0.0632. The third-order valence-electron chi connectivity index (χ3n) is 3.62. The lowest BCUT2D eigenvalue weighted by Crippen LogP contribution is -2.15. The van der Waals surface area contributed by atoms with Crippen molar-refractivity contribution in [2.75, 3.05) is 11.8 Å². The minimum atomic E-state index is -3.75. The molecule has 23 heavy (non-hydrogen) atoms. The highest BCUT2D eigenvalue weighted by Gasteiger charge is 2.19. The van der Waals surface area contributed by atoms with Crippen LogP contribution in [0.1, 0.15) is 21.5 Å². The topological polar surface area (TPSA) is 98.5 Å². The molecule has 0 atom stereocenters. The van der Waals surface area contributed by atoms with Crippen molar-refractivity contribution < 1.29 is 17.9 Å². The van der Waals surface area contributed by atoms with Gasteiger partial charge in [-0.15, -0.1) is 0 Å². The molecule has 7 heteroatoms. The van der Waals surface area contributed by atoms with E-state index >= 15 is 0 Å². The summed E-state index contributed by atoms with van der Waals surface area (Å²) < 4.78 is 32.8. The Morgan fingerprint density at radius 2 is 1.65 bits per heavy atom. The fraction of sp³-hybridized carbons (Fsp3) is 0.188. The molecule has 2 rings (SSSR count). The zero-order valence-electron chi connectivity index (χ0n) is 13.1. The van der Waals surface area contributed by atoms with Gasteiger partial charge in [0.15, 0.2) is 0 Å². The number of benzene rings is 2. The van der Waals surface area contributed by atoms with Gasteiger partial charge in [-0.25, -0.2) is 8.42 Å². The maximum Gasteiger partial charge on any atom is 0.262 e. The average Bonchev–Trinajstić information content (AvgIpc) is 2.49. The molecule has 1 amide bonds. The number of hydrogen-bond acceptors (Lipinski definition) is 4. The highest BCUT2D eigenvalue weighted by Crippen LogP contribution is 2.28. The Labute approximate surface area is 135 Å². The molecule has 0 bridgehead atoms. The summed E-state index contributed by atoms with van der Waals surface area (Å²) in [7, 11) is -2.21. The van der Waals surface area contributed by atoms with Crippen molar-refractivity contribution in [2.24, 2.45) is 5.73 Å². The van der Waals surface area contributed by atoms with E-state index in [0.717, 1.165) is 5.56 Å². The molecule has 0 saturated carbocycles. The van der Waals surface area contributed by atoms with Gasteiger partial charge in [-0.1, -0.05) is 0 Å². The van der Waals surface area contributed by atoms with Crippen LogP contribution < -0.4 is 15.2 Å². The first-order chi connectivity index (χ1) is 10.8. The van der Waals surface area contributed by atoms with Gasteiger partial charge in [0.25, 0.3) is 10.0 Å². The summed E-state index contributed by atoms with van der Waals surface area (Å²) in [6, 6.07) is 9.03.